The van der Waals surface area contributed by atoms with Crippen molar-refractivity contribution in [3.05, 3.63) is 53.3 Å². The van der Waals surface area contributed by atoms with Gasteiger partial charge >= 0.3 is 0 Å². The summed E-state index contributed by atoms with van der Waals surface area (Å²) in [6, 6.07) is 9.38. The second kappa shape index (κ2) is 6.38. The van der Waals surface area contributed by atoms with Gasteiger partial charge in [-0.1, -0.05) is 24.6 Å². The van der Waals surface area contributed by atoms with Gasteiger partial charge in [0.2, 0.25) is 0 Å². The average molecular weight is 263 g/mol. The van der Waals surface area contributed by atoms with Gasteiger partial charge in [0.15, 0.2) is 0 Å². The van der Waals surface area contributed by atoms with Gasteiger partial charge < -0.3 is 10.1 Å². The molecule has 1 heterocycles. The zero-order valence-electron chi connectivity index (χ0n) is 10.2. The third-order valence-electron chi connectivity index (χ3n) is 2.46. The Bertz CT molecular complexity index is 502. The first-order chi connectivity index (χ1) is 8.79. The maximum absolute atomic E-state index is 6.20. The van der Waals surface area contributed by atoms with E-state index in [1.54, 1.807) is 12.4 Å². The fourth-order valence-corrected chi connectivity index (χ4v) is 1.78. The summed E-state index contributed by atoms with van der Waals surface area (Å²) in [6.45, 7) is 3.75. The van der Waals surface area contributed by atoms with Crippen LogP contribution in [0.15, 0.2) is 42.7 Å². The Kier molecular flexibility index (Phi) is 4.56. The molecule has 0 fully saturated rings. The van der Waals surface area contributed by atoms with Gasteiger partial charge in [0, 0.05) is 17.8 Å². The van der Waals surface area contributed by atoms with Gasteiger partial charge in [-0.2, -0.15) is 0 Å². The first kappa shape index (κ1) is 12.9. The molecule has 1 aromatic heterocycles. The number of nitrogens with zero attached hydrogens (tertiary/aromatic N) is 1. The molecular weight excluding hydrogens is 248 g/mol. The number of nitrogens with one attached hydrogen (secondary N) is 1. The van der Waals surface area contributed by atoms with E-state index in [-0.39, 0.29) is 0 Å². The van der Waals surface area contributed by atoms with E-state index in [2.05, 4.69) is 17.2 Å². The van der Waals surface area contributed by atoms with Crippen LogP contribution in [0, 0.1) is 0 Å². The summed E-state index contributed by atoms with van der Waals surface area (Å²) in [5.41, 5.74) is 1.07. The van der Waals surface area contributed by atoms with Crippen LogP contribution in [-0.4, -0.2) is 11.5 Å². The summed E-state index contributed by atoms with van der Waals surface area (Å²) in [5, 5.41) is 3.95. The second-order valence-electron chi connectivity index (χ2n) is 3.82. The molecule has 0 amide bonds. The highest BCUT2D eigenvalue weighted by atomic mass is 35.5. The third-order valence-corrected chi connectivity index (χ3v) is 2.81. The lowest BCUT2D eigenvalue weighted by Crippen LogP contribution is -2.11. The number of pyridine rings is 1. The Hall–Kier alpha value is -1.58. The van der Waals surface area contributed by atoms with E-state index in [9.17, 15) is 0 Å². The van der Waals surface area contributed by atoms with E-state index >= 15 is 0 Å². The maximum atomic E-state index is 6.20. The largest absolute Gasteiger partial charge is 0.456 e. The van der Waals surface area contributed by atoms with Crippen molar-refractivity contribution in [1.82, 2.24) is 10.3 Å². The first-order valence-corrected chi connectivity index (χ1v) is 6.24. The summed E-state index contributed by atoms with van der Waals surface area (Å²) in [5.74, 6) is 1.42. The van der Waals surface area contributed by atoms with Gasteiger partial charge in [0.1, 0.15) is 11.5 Å². The second-order valence-corrected chi connectivity index (χ2v) is 4.23. The molecule has 3 nitrogen and oxygen atoms in total. The van der Waals surface area contributed by atoms with E-state index in [4.69, 9.17) is 16.3 Å². The Balaban J connectivity index is 2.09. The minimum absolute atomic E-state index is 0.702. The molecule has 2 rings (SSSR count). The van der Waals surface area contributed by atoms with Crippen LogP contribution in [0.1, 0.15) is 12.5 Å². The zero-order valence-corrected chi connectivity index (χ0v) is 10.9. The molecule has 94 valence electrons. The predicted octanol–water partition coefficient (Wildman–Crippen LogP) is 3.64. The van der Waals surface area contributed by atoms with Crippen molar-refractivity contribution in [2.24, 2.45) is 0 Å². The fraction of sp³-hybridized carbons (Fsp3) is 0.214. The summed E-state index contributed by atoms with van der Waals surface area (Å²) < 4.78 is 5.65. The van der Waals surface area contributed by atoms with E-state index < -0.39 is 0 Å². The van der Waals surface area contributed by atoms with Crippen molar-refractivity contribution in [1.29, 1.82) is 0 Å². The van der Waals surface area contributed by atoms with Crippen LogP contribution < -0.4 is 10.1 Å². The Labute approximate surface area is 112 Å². The minimum Gasteiger partial charge on any atom is -0.456 e. The molecule has 1 aromatic carbocycles. The van der Waals surface area contributed by atoms with Crippen LogP contribution in [0.5, 0.6) is 11.5 Å². The molecule has 0 aliphatic rings. The van der Waals surface area contributed by atoms with Crippen molar-refractivity contribution in [2.45, 2.75) is 13.5 Å². The molecule has 0 aliphatic heterocycles. The summed E-state index contributed by atoms with van der Waals surface area (Å²) in [7, 11) is 0. The predicted molar refractivity (Wildman–Crippen MR) is 73.1 cm³/mol. The van der Waals surface area contributed by atoms with Crippen molar-refractivity contribution in [3.63, 3.8) is 0 Å². The monoisotopic (exact) mass is 262 g/mol. The normalized spacial score (nSPS) is 10.3. The third kappa shape index (κ3) is 3.45. The molecule has 0 spiro atoms. The Morgan fingerprint density at radius 2 is 2.17 bits per heavy atom. The molecule has 0 saturated heterocycles. The van der Waals surface area contributed by atoms with Gasteiger partial charge in [-0.25, -0.2) is 0 Å². The molecule has 2 aromatic rings. The number of halogens is 1. The topological polar surface area (TPSA) is 34.1 Å². The van der Waals surface area contributed by atoms with Crippen LogP contribution in [0.25, 0.3) is 0 Å². The molecule has 0 aliphatic carbocycles. The quantitative estimate of drug-likeness (QED) is 0.893. The van der Waals surface area contributed by atoms with E-state index in [0.29, 0.717) is 16.5 Å². The molecule has 0 saturated carbocycles. The zero-order chi connectivity index (χ0) is 12.8. The number of hydrogen-bond acceptors (Lipinski definition) is 3. The number of rotatable bonds is 5. The van der Waals surface area contributed by atoms with E-state index in [0.717, 1.165) is 18.7 Å². The van der Waals surface area contributed by atoms with Gasteiger partial charge in [0.25, 0.3) is 0 Å². The number of hydrogen-bond donors (Lipinski definition) is 1. The number of ether oxygens (including phenoxy) is 1. The van der Waals surface area contributed by atoms with Gasteiger partial charge in [0.05, 0.1) is 6.20 Å². The number of benzene rings is 1. The van der Waals surface area contributed by atoms with Crippen molar-refractivity contribution in [3.8, 4) is 11.5 Å². The Morgan fingerprint density at radius 1 is 1.28 bits per heavy atom. The fourth-order valence-electron chi connectivity index (χ4n) is 1.54. The van der Waals surface area contributed by atoms with Crippen LogP contribution in [0.3, 0.4) is 0 Å². The van der Waals surface area contributed by atoms with Crippen molar-refractivity contribution >= 4 is 11.6 Å². The van der Waals surface area contributed by atoms with Crippen LogP contribution in [-0.2, 0) is 6.54 Å². The molecule has 0 bridgehead atoms. The van der Waals surface area contributed by atoms with Crippen LogP contribution >= 0.6 is 11.6 Å². The molecule has 18 heavy (non-hydrogen) atoms. The lowest BCUT2D eigenvalue weighted by molar-refractivity contribution is 0.480. The van der Waals surface area contributed by atoms with E-state index in [1.807, 2.05) is 30.3 Å². The van der Waals surface area contributed by atoms with Crippen LogP contribution in [0.4, 0.5) is 0 Å². The SMILES string of the molecule is CCNCc1ccc(Oc2cccnc2)cc1Cl. The minimum atomic E-state index is 0.702. The summed E-state index contributed by atoms with van der Waals surface area (Å²) in [4.78, 5) is 3.99. The molecule has 4 heteroatoms. The molecule has 0 atom stereocenters. The van der Waals surface area contributed by atoms with Gasteiger partial charge in [-0.05, 0) is 36.4 Å². The molecule has 1 N–H and O–H groups in total. The average Bonchev–Trinajstić information content (AvgIpc) is 2.39. The van der Waals surface area contributed by atoms with Crippen LogP contribution in [0.2, 0.25) is 5.02 Å². The molecule has 0 unspecified atom stereocenters. The van der Waals surface area contributed by atoms with E-state index in [1.165, 1.54) is 0 Å². The first-order valence-electron chi connectivity index (χ1n) is 5.86. The highest BCUT2D eigenvalue weighted by Gasteiger charge is 2.03. The highest BCUT2D eigenvalue weighted by molar-refractivity contribution is 6.31. The summed E-state index contributed by atoms with van der Waals surface area (Å²) in [6.07, 6.45) is 3.37. The highest BCUT2D eigenvalue weighted by Crippen LogP contribution is 2.26. The molecule has 0 radical (unpaired) electrons. The molecular formula is C14H15ClN2O. The Morgan fingerprint density at radius 3 is 2.83 bits per heavy atom. The smallest absolute Gasteiger partial charge is 0.145 e. The number of aromatic nitrogens is 1. The van der Waals surface area contributed by atoms with Crippen molar-refractivity contribution < 1.29 is 4.74 Å². The van der Waals surface area contributed by atoms with Crippen molar-refractivity contribution in [2.75, 3.05) is 6.54 Å². The standard InChI is InChI=1S/C14H15ClN2O/c1-2-16-9-11-5-6-12(8-14(11)15)18-13-4-3-7-17-10-13/h3-8,10,16H,2,9H2,1H3. The summed E-state index contributed by atoms with van der Waals surface area (Å²) >= 11 is 6.20. The lowest BCUT2D eigenvalue weighted by atomic mass is 10.2. The van der Waals surface area contributed by atoms with Gasteiger partial charge in [-0.15, -0.1) is 0 Å². The maximum Gasteiger partial charge on any atom is 0.145 e. The van der Waals surface area contributed by atoms with Gasteiger partial charge in [-0.3, -0.25) is 4.98 Å². The lowest BCUT2D eigenvalue weighted by Gasteiger charge is -2.08.